The molecule has 4 heteroatoms. The van der Waals surface area contributed by atoms with E-state index in [-0.39, 0.29) is 5.69 Å². The lowest BCUT2D eigenvalue weighted by molar-refractivity contribution is 0.305. The average Bonchev–Trinajstić information content (AvgIpc) is 2.32. The molecule has 0 unspecified atom stereocenters. The van der Waals surface area contributed by atoms with Gasteiger partial charge >= 0.3 is 0 Å². The minimum Gasteiger partial charge on any atom is -0.489 e. The van der Waals surface area contributed by atoms with Crippen LogP contribution in [0, 0.1) is 12.7 Å². The predicted molar refractivity (Wildman–Crippen MR) is 71.3 cm³/mol. The van der Waals surface area contributed by atoms with Gasteiger partial charge in [0.2, 0.25) is 0 Å². The standard InChI is InChI=1S/C14H13ClFNO/c1-9-2-3-10(12(15)6-9)8-18-11-4-5-14(17)13(16)7-11/h2-7H,8,17H2,1H3. The zero-order chi connectivity index (χ0) is 13.1. The van der Waals surface area contributed by atoms with Crippen molar-refractivity contribution >= 4 is 17.3 Å². The summed E-state index contributed by atoms with van der Waals surface area (Å²) >= 11 is 6.08. The molecule has 0 aliphatic rings. The number of ether oxygens (including phenoxy) is 1. The lowest BCUT2D eigenvalue weighted by atomic mass is 10.1. The Morgan fingerprint density at radius 1 is 1.22 bits per heavy atom. The molecule has 0 saturated carbocycles. The van der Waals surface area contributed by atoms with Crippen LogP contribution in [0.5, 0.6) is 5.75 Å². The first kappa shape index (κ1) is 12.7. The lowest BCUT2D eigenvalue weighted by Gasteiger charge is -2.09. The van der Waals surface area contributed by atoms with Crippen molar-refractivity contribution in [1.29, 1.82) is 0 Å². The number of nitrogen functional groups attached to an aromatic ring is 1. The van der Waals surface area contributed by atoms with Crippen LogP contribution in [0.4, 0.5) is 10.1 Å². The maximum Gasteiger partial charge on any atom is 0.149 e. The molecule has 0 fully saturated rings. The van der Waals surface area contributed by atoms with Crippen LogP contribution in [0.1, 0.15) is 11.1 Å². The summed E-state index contributed by atoms with van der Waals surface area (Å²) in [5.74, 6) is -0.0548. The summed E-state index contributed by atoms with van der Waals surface area (Å²) in [4.78, 5) is 0. The summed E-state index contributed by atoms with van der Waals surface area (Å²) in [6.07, 6.45) is 0. The number of halogens is 2. The van der Waals surface area contributed by atoms with Gasteiger partial charge in [0, 0.05) is 16.7 Å². The molecule has 0 bridgehead atoms. The monoisotopic (exact) mass is 265 g/mol. The Balaban J connectivity index is 2.09. The van der Waals surface area contributed by atoms with E-state index in [0.717, 1.165) is 11.1 Å². The Morgan fingerprint density at radius 2 is 2.00 bits per heavy atom. The zero-order valence-corrected chi connectivity index (χ0v) is 10.7. The van der Waals surface area contributed by atoms with E-state index in [0.29, 0.717) is 17.4 Å². The molecule has 0 spiro atoms. The number of nitrogens with two attached hydrogens (primary N) is 1. The van der Waals surface area contributed by atoms with Crippen molar-refractivity contribution < 1.29 is 9.13 Å². The molecule has 0 aromatic heterocycles. The third-order valence-electron chi connectivity index (χ3n) is 2.57. The number of rotatable bonds is 3. The maximum atomic E-state index is 13.2. The second-order valence-electron chi connectivity index (χ2n) is 4.07. The number of hydrogen-bond donors (Lipinski definition) is 1. The van der Waals surface area contributed by atoms with Gasteiger partial charge in [0.15, 0.2) is 0 Å². The van der Waals surface area contributed by atoms with Crippen LogP contribution in [-0.4, -0.2) is 0 Å². The molecule has 2 N–H and O–H groups in total. The van der Waals surface area contributed by atoms with E-state index in [4.69, 9.17) is 22.1 Å². The molecule has 0 radical (unpaired) electrons. The molecule has 0 amide bonds. The minimum atomic E-state index is -0.484. The number of hydrogen-bond acceptors (Lipinski definition) is 2. The highest BCUT2D eigenvalue weighted by molar-refractivity contribution is 6.31. The van der Waals surface area contributed by atoms with Gasteiger partial charge in [-0.05, 0) is 30.7 Å². The van der Waals surface area contributed by atoms with Crippen molar-refractivity contribution in [3.63, 3.8) is 0 Å². The Bertz CT molecular complexity index is 572. The fourth-order valence-electron chi connectivity index (χ4n) is 1.53. The van der Waals surface area contributed by atoms with Gasteiger partial charge in [-0.15, -0.1) is 0 Å². The first-order valence-electron chi connectivity index (χ1n) is 5.49. The van der Waals surface area contributed by atoms with E-state index in [2.05, 4.69) is 0 Å². The van der Waals surface area contributed by atoms with E-state index >= 15 is 0 Å². The molecule has 0 atom stereocenters. The molecule has 18 heavy (non-hydrogen) atoms. The predicted octanol–water partition coefficient (Wildman–Crippen LogP) is 3.95. The summed E-state index contributed by atoms with van der Waals surface area (Å²) in [6.45, 7) is 2.26. The molecular formula is C14H13ClFNO. The van der Waals surface area contributed by atoms with Gasteiger partial charge in [0.25, 0.3) is 0 Å². The summed E-state index contributed by atoms with van der Waals surface area (Å²) in [6, 6.07) is 10.1. The Kier molecular flexibility index (Phi) is 3.72. The maximum absolute atomic E-state index is 13.2. The summed E-state index contributed by atoms with van der Waals surface area (Å²) in [5.41, 5.74) is 7.44. The first-order valence-corrected chi connectivity index (χ1v) is 5.87. The highest BCUT2D eigenvalue weighted by atomic mass is 35.5. The van der Waals surface area contributed by atoms with Crippen LogP contribution in [-0.2, 0) is 6.61 Å². The van der Waals surface area contributed by atoms with Crippen LogP contribution < -0.4 is 10.5 Å². The quantitative estimate of drug-likeness (QED) is 0.853. The molecule has 2 aromatic carbocycles. The van der Waals surface area contributed by atoms with E-state index in [1.807, 2.05) is 25.1 Å². The molecular weight excluding hydrogens is 253 g/mol. The van der Waals surface area contributed by atoms with Gasteiger partial charge in [0.05, 0.1) is 5.69 Å². The van der Waals surface area contributed by atoms with Crippen LogP contribution >= 0.6 is 11.6 Å². The van der Waals surface area contributed by atoms with Gasteiger partial charge in [-0.1, -0.05) is 23.7 Å². The summed E-state index contributed by atoms with van der Waals surface area (Å²) in [7, 11) is 0. The van der Waals surface area contributed by atoms with Crippen LogP contribution in [0.15, 0.2) is 36.4 Å². The van der Waals surface area contributed by atoms with Gasteiger partial charge < -0.3 is 10.5 Å². The highest BCUT2D eigenvalue weighted by Crippen LogP contribution is 2.22. The average molecular weight is 266 g/mol. The summed E-state index contributed by atoms with van der Waals surface area (Å²) < 4.78 is 18.7. The van der Waals surface area contributed by atoms with Crippen LogP contribution in [0.3, 0.4) is 0 Å². The molecule has 94 valence electrons. The fraction of sp³-hybridized carbons (Fsp3) is 0.143. The molecule has 2 rings (SSSR count). The van der Waals surface area contributed by atoms with E-state index < -0.39 is 5.82 Å². The zero-order valence-electron chi connectivity index (χ0n) is 9.91. The smallest absolute Gasteiger partial charge is 0.149 e. The van der Waals surface area contributed by atoms with Gasteiger partial charge in [0.1, 0.15) is 18.2 Å². The molecule has 2 aromatic rings. The van der Waals surface area contributed by atoms with Gasteiger partial charge in [-0.2, -0.15) is 0 Å². The summed E-state index contributed by atoms with van der Waals surface area (Å²) in [5, 5.41) is 0.644. The molecule has 0 saturated heterocycles. The van der Waals surface area contributed by atoms with Crippen molar-refractivity contribution in [2.45, 2.75) is 13.5 Å². The van der Waals surface area contributed by atoms with E-state index in [1.54, 1.807) is 6.07 Å². The molecule has 0 heterocycles. The van der Waals surface area contributed by atoms with Gasteiger partial charge in [-0.3, -0.25) is 0 Å². The third kappa shape index (κ3) is 2.93. The topological polar surface area (TPSA) is 35.2 Å². The van der Waals surface area contributed by atoms with Crippen LogP contribution in [0.2, 0.25) is 5.02 Å². The number of anilines is 1. The molecule has 0 aliphatic heterocycles. The third-order valence-corrected chi connectivity index (χ3v) is 2.93. The highest BCUT2D eigenvalue weighted by Gasteiger charge is 2.04. The largest absolute Gasteiger partial charge is 0.489 e. The van der Waals surface area contributed by atoms with Crippen molar-refractivity contribution in [3.05, 3.63) is 58.4 Å². The first-order chi connectivity index (χ1) is 8.56. The fourth-order valence-corrected chi connectivity index (χ4v) is 1.82. The lowest BCUT2D eigenvalue weighted by Crippen LogP contribution is -1.98. The Labute approximate surface area is 110 Å². The van der Waals surface area contributed by atoms with Crippen molar-refractivity contribution in [2.24, 2.45) is 0 Å². The Hall–Kier alpha value is -1.74. The Morgan fingerprint density at radius 3 is 2.67 bits per heavy atom. The van der Waals surface area contributed by atoms with Gasteiger partial charge in [-0.25, -0.2) is 4.39 Å². The molecule has 0 aliphatic carbocycles. The number of benzene rings is 2. The van der Waals surface area contributed by atoms with E-state index in [9.17, 15) is 4.39 Å². The normalized spacial score (nSPS) is 10.4. The molecule has 2 nitrogen and oxygen atoms in total. The van der Waals surface area contributed by atoms with Crippen molar-refractivity contribution in [2.75, 3.05) is 5.73 Å². The second-order valence-corrected chi connectivity index (χ2v) is 4.47. The second kappa shape index (κ2) is 5.27. The van der Waals surface area contributed by atoms with Crippen molar-refractivity contribution in [1.82, 2.24) is 0 Å². The van der Waals surface area contributed by atoms with E-state index in [1.165, 1.54) is 12.1 Å². The van der Waals surface area contributed by atoms with Crippen LogP contribution in [0.25, 0.3) is 0 Å². The number of aryl methyl sites for hydroxylation is 1. The van der Waals surface area contributed by atoms with Crippen molar-refractivity contribution in [3.8, 4) is 5.75 Å². The SMILES string of the molecule is Cc1ccc(COc2ccc(N)c(F)c2)c(Cl)c1. The minimum absolute atomic E-state index is 0.107.